The maximum atomic E-state index is 12.3. The van der Waals surface area contributed by atoms with Crippen LogP contribution in [0.3, 0.4) is 0 Å². The van der Waals surface area contributed by atoms with E-state index >= 15 is 0 Å². The van der Waals surface area contributed by atoms with Crippen LogP contribution in [0.25, 0.3) is 0 Å². The van der Waals surface area contributed by atoms with Gasteiger partial charge in [0.2, 0.25) is 5.91 Å². The third-order valence-electron chi connectivity index (χ3n) is 3.29. The average Bonchev–Trinajstić information content (AvgIpc) is 2.70. The molecule has 0 saturated carbocycles. The molecule has 102 valence electrons. The Kier molecular flexibility index (Phi) is 3.06. The molecule has 4 nitrogen and oxygen atoms in total. The van der Waals surface area contributed by atoms with Gasteiger partial charge in [0.05, 0.1) is 0 Å². The highest BCUT2D eigenvalue weighted by molar-refractivity contribution is 7.93. The van der Waals surface area contributed by atoms with Gasteiger partial charge in [-0.15, -0.1) is 0 Å². The lowest BCUT2D eigenvalue weighted by atomic mass is 10.2. The van der Waals surface area contributed by atoms with Gasteiger partial charge < -0.3 is 0 Å². The lowest BCUT2D eigenvalue weighted by molar-refractivity contribution is -0.115. The minimum Gasteiger partial charge on any atom is -0.290 e. The Morgan fingerprint density at radius 1 is 0.900 bits per heavy atom. The van der Waals surface area contributed by atoms with Gasteiger partial charge in [0.15, 0.2) is 15.2 Å². The number of nitrogens with zero attached hydrogens (tertiary/aromatic N) is 1. The van der Waals surface area contributed by atoms with E-state index in [0.29, 0.717) is 11.3 Å². The fourth-order valence-electron chi connectivity index (χ4n) is 2.45. The Hall–Kier alpha value is -2.14. The maximum Gasteiger partial charge on any atom is 0.243 e. The van der Waals surface area contributed by atoms with Crippen molar-refractivity contribution in [1.29, 1.82) is 0 Å². The van der Waals surface area contributed by atoms with Crippen molar-refractivity contribution < 1.29 is 13.2 Å². The van der Waals surface area contributed by atoms with Gasteiger partial charge in [0, 0.05) is 5.69 Å². The second-order valence-corrected chi connectivity index (χ2v) is 6.73. The van der Waals surface area contributed by atoms with Crippen LogP contribution in [-0.4, -0.2) is 20.1 Å². The summed E-state index contributed by atoms with van der Waals surface area (Å²) in [7, 11) is -3.51. The predicted octanol–water partition coefficient (Wildman–Crippen LogP) is 2.15. The molecule has 0 spiro atoms. The van der Waals surface area contributed by atoms with Gasteiger partial charge in [-0.25, -0.2) is 8.42 Å². The van der Waals surface area contributed by atoms with E-state index in [1.807, 2.05) is 12.1 Å². The minimum absolute atomic E-state index is 0.384. The van der Waals surface area contributed by atoms with Crippen molar-refractivity contribution >= 4 is 21.4 Å². The molecular formula is C15H13NO3S. The molecule has 0 unspecified atom stereocenters. The number of anilines is 1. The number of hydrogen-bond acceptors (Lipinski definition) is 3. The number of sulfone groups is 1. The monoisotopic (exact) mass is 287 g/mol. The fraction of sp³-hybridized carbons (Fsp3) is 0.133. The summed E-state index contributed by atoms with van der Waals surface area (Å²) >= 11 is 0. The molecule has 1 fully saturated rings. The van der Waals surface area contributed by atoms with Crippen LogP contribution in [-0.2, 0) is 14.6 Å². The summed E-state index contributed by atoms with van der Waals surface area (Å²) < 4.78 is 24.6. The molecular weight excluding hydrogens is 274 g/mol. The SMILES string of the molecule is O=C1CS(=O)(=O)[C@H](c2ccccc2)N1c1ccccc1. The third-order valence-corrected chi connectivity index (χ3v) is 5.10. The molecule has 2 aromatic rings. The van der Waals surface area contributed by atoms with Crippen molar-refractivity contribution in [3.63, 3.8) is 0 Å². The first-order valence-corrected chi connectivity index (χ1v) is 7.95. The van der Waals surface area contributed by atoms with Gasteiger partial charge in [0.25, 0.3) is 0 Å². The van der Waals surface area contributed by atoms with Crippen molar-refractivity contribution in [3.8, 4) is 0 Å². The molecule has 0 N–H and O–H groups in total. The van der Waals surface area contributed by atoms with E-state index in [0.717, 1.165) is 0 Å². The predicted molar refractivity (Wildman–Crippen MR) is 76.9 cm³/mol. The van der Waals surface area contributed by atoms with E-state index in [-0.39, 0.29) is 5.91 Å². The Bertz CT molecular complexity index is 726. The highest BCUT2D eigenvalue weighted by Gasteiger charge is 2.45. The number of carbonyl (C=O) groups is 1. The van der Waals surface area contributed by atoms with E-state index in [1.54, 1.807) is 48.5 Å². The van der Waals surface area contributed by atoms with Gasteiger partial charge in [0.1, 0.15) is 5.75 Å². The molecule has 0 aromatic heterocycles. The Morgan fingerprint density at radius 3 is 2.05 bits per heavy atom. The van der Waals surface area contributed by atoms with Crippen LogP contribution in [0, 0.1) is 0 Å². The summed E-state index contributed by atoms with van der Waals surface area (Å²) in [5, 5.41) is -0.932. The number of para-hydroxylation sites is 1. The molecule has 1 heterocycles. The molecule has 1 atom stereocenters. The van der Waals surface area contributed by atoms with Crippen molar-refractivity contribution in [2.24, 2.45) is 0 Å². The second kappa shape index (κ2) is 4.76. The molecule has 0 bridgehead atoms. The number of carbonyl (C=O) groups excluding carboxylic acids is 1. The van der Waals surface area contributed by atoms with Crippen molar-refractivity contribution in [2.75, 3.05) is 10.7 Å². The number of rotatable bonds is 2. The Morgan fingerprint density at radius 2 is 1.45 bits per heavy atom. The first-order valence-electron chi connectivity index (χ1n) is 6.23. The first-order chi connectivity index (χ1) is 9.59. The zero-order valence-electron chi connectivity index (χ0n) is 10.6. The quantitative estimate of drug-likeness (QED) is 0.850. The van der Waals surface area contributed by atoms with Gasteiger partial charge in [-0.3, -0.25) is 9.69 Å². The molecule has 0 radical (unpaired) electrons. The molecule has 5 heteroatoms. The van der Waals surface area contributed by atoms with Crippen molar-refractivity contribution in [2.45, 2.75) is 5.37 Å². The summed E-state index contributed by atoms with van der Waals surface area (Å²) in [5.74, 6) is -0.827. The van der Waals surface area contributed by atoms with E-state index in [4.69, 9.17) is 0 Å². The molecule has 2 aromatic carbocycles. The normalized spacial score (nSPS) is 21.1. The largest absolute Gasteiger partial charge is 0.290 e. The minimum atomic E-state index is -3.51. The second-order valence-electron chi connectivity index (χ2n) is 4.67. The number of amides is 1. The first kappa shape index (κ1) is 12.9. The third kappa shape index (κ3) is 2.10. The van der Waals surface area contributed by atoms with Gasteiger partial charge >= 0.3 is 0 Å². The number of benzene rings is 2. The van der Waals surface area contributed by atoms with Gasteiger partial charge in [-0.05, 0) is 17.7 Å². The van der Waals surface area contributed by atoms with E-state index < -0.39 is 21.0 Å². The molecule has 1 aliphatic heterocycles. The van der Waals surface area contributed by atoms with Crippen LogP contribution in [0.2, 0.25) is 0 Å². The summed E-state index contributed by atoms with van der Waals surface area (Å²) in [6.45, 7) is 0. The van der Waals surface area contributed by atoms with Gasteiger partial charge in [-0.1, -0.05) is 48.5 Å². The topological polar surface area (TPSA) is 54.5 Å². The molecule has 3 rings (SSSR count). The number of hydrogen-bond donors (Lipinski definition) is 0. The highest BCUT2D eigenvalue weighted by atomic mass is 32.2. The summed E-state index contributed by atoms with van der Waals surface area (Å²) in [5.41, 5.74) is 1.22. The molecule has 1 aliphatic rings. The molecule has 0 aliphatic carbocycles. The zero-order chi connectivity index (χ0) is 14.2. The highest BCUT2D eigenvalue weighted by Crippen LogP contribution is 2.37. The van der Waals surface area contributed by atoms with E-state index in [1.165, 1.54) is 4.90 Å². The summed E-state index contributed by atoms with van der Waals surface area (Å²) in [4.78, 5) is 13.5. The summed E-state index contributed by atoms with van der Waals surface area (Å²) in [6, 6.07) is 17.7. The summed E-state index contributed by atoms with van der Waals surface area (Å²) in [6.07, 6.45) is 0. The van der Waals surface area contributed by atoms with Crippen molar-refractivity contribution in [1.82, 2.24) is 0 Å². The van der Waals surface area contributed by atoms with E-state index in [9.17, 15) is 13.2 Å². The Labute approximate surface area is 117 Å². The lowest BCUT2D eigenvalue weighted by Crippen LogP contribution is -2.28. The smallest absolute Gasteiger partial charge is 0.243 e. The Balaban J connectivity index is 2.15. The van der Waals surface area contributed by atoms with Crippen LogP contribution in [0.15, 0.2) is 60.7 Å². The fourth-order valence-corrected chi connectivity index (χ4v) is 4.23. The van der Waals surface area contributed by atoms with Crippen LogP contribution in [0.4, 0.5) is 5.69 Å². The molecule has 1 saturated heterocycles. The van der Waals surface area contributed by atoms with Gasteiger partial charge in [-0.2, -0.15) is 0 Å². The van der Waals surface area contributed by atoms with Crippen molar-refractivity contribution in [3.05, 3.63) is 66.2 Å². The van der Waals surface area contributed by atoms with Crippen LogP contribution in [0.1, 0.15) is 10.9 Å². The lowest BCUT2D eigenvalue weighted by Gasteiger charge is -2.23. The zero-order valence-corrected chi connectivity index (χ0v) is 11.5. The average molecular weight is 287 g/mol. The van der Waals surface area contributed by atoms with E-state index in [2.05, 4.69) is 0 Å². The van der Waals surface area contributed by atoms with Crippen LogP contribution < -0.4 is 4.90 Å². The van der Waals surface area contributed by atoms with Crippen LogP contribution >= 0.6 is 0 Å². The molecule has 1 amide bonds. The maximum absolute atomic E-state index is 12.3. The van der Waals surface area contributed by atoms with Crippen LogP contribution in [0.5, 0.6) is 0 Å². The standard InChI is InChI=1S/C15H13NO3S/c17-14-11-20(18,19)15(12-7-3-1-4-8-12)16(14)13-9-5-2-6-10-13/h1-10,15H,11H2/t15-/m1/s1. The molecule has 20 heavy (non-hydrogen) atoms.